The minimum absolute atomic E-state index is 0.00406. The van der Waals surface area contributed by atoms with E-state index in [2.05, 4.69) is 5.32 Å². The van der Waals surface area contributed by atoms with Gasteiger partial charge in [0, 0.05) is 18.3 Å². The van der Waals surface area contributed by atoms with Gasteiger partial charge in [0.2, 0.25) is 11.8 Å². The monoisotopic (exact) mass is 287 g/mol. The molecule has 5 nitrogen and oxygen atoms in total. The standard InChI is InChI=1S/C16H21N3O2/c17-13-5-2-1-4-11(13)10-15(20)19-9-3-6-14(19)16(21)18-12-7-8-12/h1-2,4-5,12,14H,3,6-10,17H2,(H,18,21). The fraction of sp³-hybridized carbons (Fsp3) is 0.500. The minimum atomic E-state index is -0.303. The first-order chi connectivity index (χ1) is 10.1. The average molecular weight is 287 g/mol. The van der Waals surface area contributed by atoms with Crippen LogP contribution in [0.2, 0.25) is 0 Å². The Labute approximate surface area is 124 Å². The van der Waals surface area contributed by atoms with Crippen LogP contribution in [-0.4, -0.2) is 35.3 Å². The molecule has 1 unspecified atom stereocenters. The quantitative estimate of drug-likeness (QED) is 0.814. The lowest BCUT2D eigenvalue weighted by molar-refractivity contribution is -0.138. The van der Waals surface area contributed by atoms with E-state index < -0.39 is 0 Å². The van der Waals surface area contributed by atoms with E-state index in [1.165, 1.54) is 0 Å². The first-order valence-electron chi connectivity index (χ1n) is 7.58. The van der Waals surface area contributed by atoms with Crippen molar-refractivity contribution in [2.24, 2.45) is 0 Å². The van der Waals surface area contributed by atoms with Crippen LogP contribution in [0.5, 0.6) is 0 Å². The Morgan fingerprint density at radius 1 is 1.24 bits per heavy atom. The molecule has 112 valence electrons. The van der Waals surface area contributed by atoms with Crippen molar-refractivity contribution in [2.45, 2.75) is 44.2 Å². The highest BCUT2D eigenvalue weighted by molar-refractivity contribution is 5.89. The van der Waals surface area contributed by atoms with Crippen molar-refractivity contribution in [3.8, 4) is 0 Å². The van der Waals surface area contributed by atoms with Crippen molar-refractivity contribution in [3.05, 3.63) is 29.8 Å². The third-order valence-electron chi connectivity index (χ3n) is 4.20. The van der Waals surface area contributed by atoms with E-state index in [4.69, 9.17) is 5.73 Å². The Kier molecular flexibility index (Phi) is 3.82. The van der Waals surface area contributed by atoms with E-state index in [1.54, 1.807) is 11.0 Å². The number of rotatable bonds is 4. The number of nitrogen functional groups attached to an aromatic ring is 1. The fourth-order valence-corrected chi connectivity index (χ4v) is 2.82. The third kappa shape index (κ3) is 3.17. The first kappa shape index (κ1) is 13.9. The minimum Gasteiger partial charge on any atom is -0.398 e. The van der Waals surface area contributed by atoms with Crippen LogP contribution in [0.15, 0.2) is 24.3 Å². The van der Waals surface area contributed by atoms with Crippen molar-refractivity contribution in [3.63, 3.8) is 0 Å². The zero-order valence-corrected chi connectivity index (χ0v) is 12.0. The van der Waals surface area contributed by atoms with Crippen LogP contribution in [0.1, 0.15) is 31.2 Å². The van der Waals surface area contributed by atoms with E-state index >= 15 is 0 Å². The van der Waals surface area contributed by atoms with Crippen molar-refractivity contribution in [1.82, 2.24) is 10.2 Å². The van der Waals surface area contributed by atoms with Gasteiger partial charge in [-0.05, 0) is 37.3 Å². The highest BCUT2D eigenvalue weighted by atomic mass is 16.2. The first-order valence-corrected chi connectivity index (χ1v) is 7.58. The lowest BCUT2D eigenvalue weighted by atomic mass is 10.1. The van der Waals surface area contributed by atoms with Gasteiger partial charge in [-0.2, -0.15) is 0 Å². The molecule has 0 bridgehead atoms. The molecule has 21 heavy (non-hydrogen) atoms. The van der Waals surface area contributed by atoms with E-state index in [9.17, 15) is 9.59 Å². The van der Waals surface area contributed by atoms with Crippen LogP contribution >= 0.6 is 0 Å². The molecule has 1 saturated heterocycles. The summed E-state index contributed by atoms with van der Waals surface area (Å²) in [4.78, 5) is 26.4. The van der Waals surface area contributed by atoms with Gasteiger partial charge >= 0.3 is 0 Å². The van der Waals surface area contributed by atoms with Crippen molar-refractivity contribution in [2.75, 3.05) is 12.3 Å². The molecule has 5 heteroatoms. The number of hydrogen-bond donors (Lipinski definition) is 2. The Bertz CT molecular complexity index is 554. The lowest BCUT2D eigenvalue weighted by Gasteiger charge is -2.24. The molecule has 0 aromatic heterocycles. The molecule has 3 N–H and O–H groups in total. The molecule has 3 rings (SSSR count). The highest BCUT2D eigenvalue weighted by Gasteiger charge is 2.36. The average Bonchev–Trinajstić information content (AvgIpc) is 3.14. The van der Waals surface area contributed by atoms with E-state index in [0.29, 0.717) is 18.3 Å². The number of amides is 2. The molecule has 1 heterocycles. The number of para-hydroxylation sites is 1. The summed E-state index contributed by atoms with van der Waals surface area (Å²) in [6, 6.07) is 7.42. The number of nitrogens with one attached hydrogen (secondary N) is 1. The molecule has 2 fully saturated rings. The number of anilines is 1. The lowest BCUT2D eigenvalue weighted by Crippen LogP contribution is -2.47. The molecule has 1 aliphatic carbocycles. The molecule has 2 aliphatic rings. The Morgan fingerprint density at radius 2 is 2.00 bits per heavy atom. The molecular weight excluding hydrogens is 266 g/mol. The van der Waals surface area contributed by atoms with Crippen molar-refractivity contribution < 1.29 is 9.59 Å². The van der Waals surface area contributed by atoms with Gasteiger partial charge in [0.25, 0.3) is 0 Å². The van der Waals surface area contributed by atoms with Crippen molar-refractivity contribution in [1.29, 1.82) is 0 Å². The number of hydrogen-bond acceptors (Lipinski definition) is 3. The van der Waals surface area contributed by atoms with Crippen LogP contribution in [0, 0.1) is 0 Å². The summed E-state index contributed by atoms with van der Waals surface area (Å²) in [6.07, 6.45) is 4.03. The number of nitrogens with zero attached hydrogens (tertiary/aromatic N) is 1. The molecule has 1 atom stereocenters. The van der Waals surface area contributed by atoms with Crippen LogP contribution in [0.3, 0.4) is 0 Å². The maximum Gasteiger partial charge on any atom is 0.243 e. The fourth-order valence-electron chi connectivity index (χ4n) is 2.82. The molecule has 0 radical (unpaired) electrons. The van der Waals surface area contributed by atoms with Crippen LogP contribution < -0.4 is 11.1 Å². The van der Waals surface area contributed by atoms with Gasteiger partial charge in [-0.1, -0.05) is 18.2 Å². The summed E-state index contributed by atoms with van der Waals surface area (Å²) < 4.78 is 0. The van der Waals surface area contributed by atoms with Gasteiger partial charge in [0.1, 0.15) is 6.04 Å². The van der Waals surface area contributed by atoms with Gasteiger partial charge in [-0.15, -0.1) is 0 Å². The second-order valence-corrected chi connectivity index (χ2v) is 5.90. The molecule has 1 aliphatic heterocycles. The third-order valence-corrected chi connectivity index (χ3v) is 4.20. The van der Waals surface area contributed by atoms with Gasteiger partial charge in [0.05, 0.1) is 6.42 Å². The second kappa shape index (κ2) is 5.76. The molecule has 2 amide bonds. The van der Waals surface area contributed by atoms with Crippen LogP contribution in [-0.2, 0) is 16.0 Å². The Morgan fingerprint density at radius 3 is 2.71 bits per heavy atom. The van der Waals surface area contributed by atoms with E-state index in [-0.39, 0.29) is 24.3 Å². The largest absolute Gasteiger partial charge is 0.398 e. The molecule has 1 aromatic carbocycles. The SMILES string of the molecule is Nc1ccccc1CC(=O)N1CCCC1C(=O)NC1CC1. The zero-order valence-electron chi connectivity index (χ0n) is 12.0. The Hall–Kier alpha value is -2.04. The van der Waals surface area contributed by atoms with Crippen LogP contribution in [0.4, 0.5) is 5.69 Å². The smallest absolute Gasteiger partial charge is 0.243 e. The molecule has 1 aromatic rings. The van der Waals surface area contributed by atoms with Gasteiger partial charge in [0.15, 0.2) is 0 Å². The summed E-state index contributed by atoms with van der Waals surface area (Å²) >= 11 is 0. The zero-order chi connectivity index (χ0) is 14.8. The Balaban J connectivity index is 1.65. The van der Waals surface area contributed by atoms with E-state index in [1.807, 2.05) is 18.2 Å². The van der Waals surface area contributed by atoms with E-state index in [0.717, 1.165) is 31.2 Å². The maximum atomic E-state index is 12.5. The predicted octanol–water partition coefficient (Wildman–Crippen LogP) is 1.08. The topological polar surface area (TPSA) is 75.4 Å². The highest BCUT2D eigenvalue weighted by Crippen LogP contribution is 2.23. The molecule has 0 spiro atoms. The summed E-state index contributed by atoms with van der Waals surface area (Å²) in [5.41, 5.74) is 7.34. The van der Waals surface area contributed by atoms with Gasteiger partial charge < -0.3 is 16.0 Å². The second-order valence-electron chi connectivity index (χ2n) is 5.90. The van der Waals surface area contributed by atoms with Crippen LogP contribution in [0.25, 0.3) is 0 Å². The summed E-state index contributed by atoms with van der Waals surface area (Å²) in [6.45, 7) is 0.661. The predicted molar refractivity (Wildman–Crippen MR) is 80.5 cm³/mol. The van der Waals surface area contributed by atoms with Gasteiger partial charge in [-0.3, -0.25) is 9.59 Å². The molecule has 1 saturated carbocycles. The number of benzene rings is 1. The maximum absolute atomic E-state index is 12.5. The van der Waals surface area contributed by atoms with Crippen molar-refractivity contribution >= 4 is 17.5 Å². The number of carbonyl (C=O) groups excluding carboxylic acids is 2. The number of nitrogens with two attached hydrogens (primary N) is 1. The summed E-state index contributed by atoms with van der Waals surface area (Å²) in [7, 11) is 0. The summed E-state index contributed by atoms with van der Waals surface area (Å²) in [5.74, 6) is -0.00858. The molecular formula is C16H21N3O2. The summed E-state index contributed by atoms with van der Waals surface area (Å²) in [5, 5.41) is 3.00. The normalized spacial score (nSPS) is 21.3. The number of carbonyl (C=O) groups is 2. The number of likely N-dealkylation sites (tertiary alicyclic amines) is 1. The van der Waals surface area contributed by atoms with Gasteiger partial charge in [-0.25, -0.2) is 0 Å².